The summed E-state index contributed by atoms with van der Waals surface area (Å²) < 4.78 is 7.31. The van der Waals surface area contributed by atoms with Gasteiger partial charge in [0.1, 0.15) is 5.75 Å². The van der Waals surface area contributed by atoms with E-state index in [0.29, 0.717) is 10.9 Å². The third-order valence-corrected chi connectivity index (χ3v) is 7.56. The maximum absolute atomic E-state index is 13.0. The van der Waals surface area contributed by atoms with E-state index in [1.54, 1.807) is 18.4 Å². The molecule has 174 valence electrons. The largest absolute Gasteiger partial charge is 0.497 e. The van der Waals surface area contributed by atoms with Gasteiger partial charge in [0.05, 0.1) is 23.4 Å². The Morgan fingerprint density at radius 1 is 0.941 bits per heavy atom. The van der Waals surface area contributed by atoms with Crippen LogP contribution < -0.4 is 9.64 Å². The van der Waals surface area contributed by atoms with Gasteiger partial charge in [-0.3, -0.25) is 9.36 Å². The zero-order chi connectivity index (χ0) is 23.3. The lowest BCUT2D eigenvalue weighted by Gasteiger charge is -2.36. The number of piperazine rings is 1. The molecule has 0 saturated carbocycles. The van der Waals surface area contributed by atoms with E-state index in [2.05, 4.69) is 27.2 Å². The fraction of sp³-hybridized carbons (Fsp3) is 0.240. The average Bonchev–Trinajstić information content (AvgIpc) is 3.58. The van der Waals surface area contributed by atoms with E-state index < -0.39 is 0 Å². The number of carbonyl (C=O) groups excluding carboxylic acids is 1. The first-order valence-electron chi connectivity index (χ1n) is 11.1. The minimum absolute atomic E-state index is 0.125. The summed E-state index contributed by atoms with van der Waals surface area (Å²) >= 11 is 3.04. The number of hydrogen-bond acceptors (Lipinski definition) is 7. The van der Waals surface area contributed by atoms with Crippen LogP contribution in [0.1, 0.15) is 0 Å². The Kier molecular flexibility index (Phi) is 6.82. The standard InChI is InChI=1S/C25H25N5O2S2/c1-32-21-11-9-20(10-12-21)30-24(22-8-5-17-33-22)26-27-25(30)34-18-23(31)29-15-13-28(14-16-29)19-6-3-2-4-7-19/h2-12,17H,13-16,18H2,1H3. The summed E-state index contributed by atoms with van der Waals surface area (Å²) in [5, 5.41) is 11.6. The van der Waals surface area contributed by atoms with E-state index in [-0.39, 0.29) is 5.91 Å². The molecule has 1 amide bonds. The minimum atomic E-state index is 0.125. The van der Waals surface area contributed by atoms with Crippen molar-refractivity contribution in [1.82, 2.24) is 19.7 Å². The molecule has 0 unspecified atom stereocenters. The Hall–Kier alpha value is -3.30. The van der Waals surface area contributed by atoms with Crippen molar-refractivity contribution >= 4 is 34.7 Å². The van der Waals surface area contributed by atoms with Gasteiger partial charge in [0.25, 0.3) is 0 Å². The number of amides is 1. The van der Waals surface area contributed by atoms with E-state index >= 15 is 0 Å². The molecule has 9 heteroatoms. The van der Waals surface area contributed by atoms with E-state index in [4.69, 9.17) is 4.74 Å². The number of carbonyl (C=O) groups is 1. The number of para-hydroxylation sites is 1. The van der Waals surface area contributed by atoms with Crippen molar-refractivity contribution in [1.29, 1.82) is 0 Å². The highest BCUT2D eigenvalue weighted by Crippen LogP contribution is 2.31. The molecule has 34 heavy (non-hydrogen) atoms. The second kappa shape index (κ2) is 10.3. The normalized spacial score (nSPS) is 13.8. The van der Waals surface area contributed by atoms with Crippen LogP contribution in [0.5, 0.6) is 5.75 Å². The summed E-state index contributed by atoms with van der Waals surface area (Å²) in [6.07, 6.45) is 0. The highest BCUT2D eigenvalue weighted by molar-refractivity contribution is 7.99. The highest BCUT2D eigenvalue weighted by atomic mass is 32.2. The third kappa shape index (κ3) is 4.80. The zero-order valence-corrected chi connectivity index (χ0v) is 20.5. The molecule has 1 aliphatic heterocycles. The smallest absolute Gasteiger partial charge is 0.233 e. The van der Waals surface area contributed by atoms with E-state index in [0.717, 1.165) is 48.3 Å². The van der Waals surface area contributed by atoms with Crippen LogP contribution in [0.25, 0.3) is 16.4 Å². The Labute approximate surface area is 207 Å². The van der Waals surface area contributed by atoms with Gasteiger partial charge < -0.3 is 14.5 Å². The van der Waals surface area contributed by atoms with Crippen molar-refractivity contribution in [3.05, 3.63) is 72.1 Å². The molecular formula is C25H25N5O2S2. The highest BCUT2D eigenvalue weighted by Gasteiger charge is 2.23. The second-order valence-corrected chi connectivity index (χ2v) is 9.70. The first kappa shape index (κ1) is 22.5. The first-order chi connectivity index (χ1) is 16.7. The van der Waals surface area contributed by atoms with Crippen molar-refractivity contribution in [3.63, 3.8) is 0 Å². The van der Waals surface area contributed by atoms with Crippen molar-refractivity contribution in [2.45, 2.75) is 5.16 Å². The van der Waals surface area contributed by atoms with E-state index in [9.17, 15) is 4.79 Å². The van der Waals surface area contributed by atoms with Crippen LogP contribution in [0.3, 0.4) is 0 Å². The Bertz CT molecular complexity index is 1220. The molecule has 2 aromatic carbocycles. The number of hydrogen-bond donors (Lipinski definition) is 0. The Morgan fingerprint density at radius 3 is 2.38 bits per heavy atom. The molecule has 0 radical (unpaired) electrons. The van der Waals surface area contributed by atoms with Crippen LogP contribution in [0, 0.1) is 0 Å². The lowest BCUT2D eigenvalue weighted by molar-refractivity contribution is -0.128. The number of nitrogens with zero attached hydrogens (tertiary/aromatic N) is 5. The quantitative estimate of drug-likeness (QED) is 0.356. The van der Waals surface area contributed by atoms with Crippen molar-refractivity contribution in [3.8, 4) is 22.1 Å². The summed E-state index contributed by atoms with van der Waals surface area (Å²) in [5.74, 6) is 2.00. The Morgan fingerprint density at radius 2 is 1.71 bits per heavy atom. The second-order valence-electron chi connectivity index (χ2n) is 7.81. The monoisotopic (exact) mass is 491 g/mol. The molecule has 0 bridgehead atoms. The van der Waals surface area contributed by atoms with Crippen molar-refractivity contribution in [2.75, 3.05) is 43.9 Å². The molecule has 2 aromatic heterocycles. The minimum Gasteiger partial charge on any atom is -0.497 e. The Balaban J connectivity index is 1.28. The topological polar surface area (TPSA) is 63.5 Å². The lowest BCUT2D eigenvalue weighted by Crippen LogP contribution is -2.49. The number of benzene rings is 2. The SMILES string of the molecule is COc1ccc(-n2c(SCC(=O)N3CCN(c4ccccc4)CC3)nnc2-c2cccs2)cc1. The van der Waals surface area contributed by atoms with Gasteiger partial charge in [-0.15, -0.1) is 21.5 Å². The van der Waals surface area contributed by atoms with Crippen LogP contribution in [-0.2, 0) is 4.79 Å². The molecule has 3 heterocycles. The fourth-order valence-electron chi connectivity index (χ4n) is 3.96. The van der Waals surface area contributed by atoms with Crippen LogP contribution in [0.2, 0.25) is 0 Å². The van der Waals surface area contributed by atoms with Crippen LogP contribution in [-0.4, -0.2) is 64.6 Å². The van der Waals surface area contributed by atoms with Gasteiger partial charge in [-0.05, 0) is 47.8 Å². The van der Waals surface area contributed by atoms with Crippen LogP contribution in [0.15, 0.2) is 77.3 Å². The third-order valence-electron chi connectivity index (χ3n) is 5.78. The molecule has 7 nitrogen and oxygen atoms in total. The molecule has 5 rings (SSSR count). The number of aromatic nitrogens is 3. The summed E-state index contributed by atoms with van der Waals surface area (Å²) in [5.41, 5.74) is 2.14. The number of anilines is 1. The molecule has 0 spiro atoms. The maximum atomic E-state index is 13.0. The summed E-state index contributed by atoms with van der Waals surface area (Å²) in [7, 11) is 1.65. The fourth-order valence-corrected chi connectivity index (χ4v) is 5.52. The number of ether oxygens (including phenoxy) is 1. The molecule has 0 N–H and O–H groups in total. The zero-order valence-electron chi connectivity index (χ0n) is 18.8. The molecule has 0 aliphatic carbocycles. The van der Waals surface area contributed by atoms with Gasteiger partial charge in [-0.25, -0.2) is 0 Å². The van der Waals surface area contributed by atoms with E-state index in [1.165, 1.54) is 17.4 Å². The van der Waals surface area contributed by atoms with Crippen molar-refractivity contribution < 1.29 is 9.53 Å². The first-order valence-corrected chi connectivity index (χ1v) is 12.9. The summed E-state index contributed by atoms with van der Waals surface area (Å²) in [6, 6.07) is 22.2. The average molecular weight is 492 g/mol. The molecular weight excluding hydrogens is 466 g/mol. The van der Waals surface area contributed by atoms with Gasteiger partial charge >= 0.3 is 0 Å². The van der Waals surface area contributed by atoms with Gasteiger partial charge in [0.2, 0.25) is 5.91 Å². The van der Waals surface area contributed by atoms with Crippen molar-refractivity contribution in [2.24, 2.45) is 0 Å². The predicted octanol–water partition coefficient (Wildman–Crippen LogP) is 4.45. The van der Waals surface area contributed by atoms with Gasteiger partial charge in [-0.2, -0.15) is 0 Å². The molecule has 1 fully saturated rings. The maximum Gasteiger partial charge on any atom is 0.233 e. The number of rotatable bonds is 7. The van der Waals surface area contributed by atoms with Gasteiger partial charge in [0, 0.05) is 31.9 Å². The number of thioether (sulfide) groups is 1. The number of thiophene rings is 1. The lowest BCUT2D eigenvalue weighted by atomic mass is 10.2. The van der Waals surface area contributed by atoms with E-state index in [1.807, 2.05) is 69.4 Å². The summed E-state index contributed by atoms with van der Waals surface area (Å²) in [6.45, 7) is 3.12. The molecule has 1 saturated heterocycles. The molecule has 4 aromatic rings. The molecule has 0 atom stereocenters. The van der Waals surface area contributed by atoms with Crippen LogP contribution >= 0.6 is 23.1 Å². The van der Waals surface area contributed by atoms with Gasteiger partial charge in [-0.1, -0.05) is 36.0 Å². The molecule has 1 aliphatic rings. The van der Waals surface area contributed by atoms with Crippen LogP contribution in [0.4, 0.5) is 5.69 Å². The predicted molar refractivity (Wildman–Crippen MR) is 137 cm³/mol. The van der Waals surface area contributed by atoms with Gasteiger partial charge in [0.15, 0.2) is 11.0 Å². The number of methoxy groups -OCH3 is 1. The summed E-state index contributed by atoms with van der Waals surface area (Å²) in [4.78, 5) is 18.3.